The lowest BCUT2D eigenvalue weighted by atomic mass is 9.98. The topological polar surface area (TPSA) is 23.8 Å². The molecule has 1 aromatic rings. The fourth-order valence-corrected chi connectivity index (χ4v) is 2.36. The van der Waals surface area contributed by atoms with Crippen LogP contribution >= 0.6 is 0 Å². The Balaban J connectivity index is 2.27. The van der Waals surface area contributed by atoms with Gasteiger partial charge < -0.3 is 0 Å². The van der Waals surface area contributed by atoms with Crippen molar-refractivity contribution in [3.8, 4) is 6.07 Å². The van der Waals surface area contributed by atoms with E-state index in [4.69, 9.17) is 5.26 Å². The Kier molecular flexibility index (Phi) is 2.77. The molecular weight excluding hydrogens is 182 g/mol. The van der Waals surface area contributed by atoms with Crippen LogP contribution in [0, 0.1) is 17.2 Å². The summed E-state index contributed by atoms with van der Waals surface area (Å²) in [6.45, 7) is 4.23. The zero-order chi connectivity index (χ0) is 10.8. The van der Waals surface area contributed by atoms with Crippen LogP contribution in [0.25, 0.3) is 0 Å². The highest BCUT2D eigenvalue weighted by Gasteiger charge is 2.20. The fourth-order valence-electron chi connectivity index (χ4n) is 2.36. The van der Waals surface area contributed by atoms with Gasteiger partial charge in [-0.1, -0.05) is 31.5 Å². The summed E-state index contributed by atoms with van der Waals surface area (Å²) < 4.78 is 0. The molecule has 15 heavy (non-hydrogen) atoms. The first kappa shape index (κ1) is 10.2. The van der Waals surface area contributed by atoms with Crippen molar-refractivity contribution < 1.29 is 0 Å². The Morgan fingerprint density at radius 2 is 2.13 bits per heavy atom. The number of hydrogen-bond acceptors (Lipinski definition) is 1. The minimum atomic E-state index is 0.0241. The van der Waals surface area contributed by atoms with Crippen LogP contribution in [-0.2, 0) is 12.8 Å². The maximum absolute atomic E-state index is 8.88. The summed E-state index contributed by atoms with van der Waals surface area (Å²) in [6.07, 6.45) is 3.70. The van der Waals surface area contributed by atoms with Gasteiger partial charge in [-0.25, -0.2) is 0 Å². The molecule has 0 saturated carbocycles. The average molecular weight is 199 g/mol. The van der Waals surface area contributed by atoms with Gasteiger partial charge >= 0.3 is 0 Å². The van der Waals surface area contributed by atoms with Crippen LogP contribution in [0.4, 0.5) is 0 Å². The predicted octanol–water partition coefficient (Wildman–Crippen LogP) is 3.44. The molecule has 2 atom stereocenters. The summed E-state index contributed by atoms with van der Waals surface area (Å²) in [5.41, 5.74) is 4.14. The van der Waals surface area contributed by atoms with Crippen molar-refractivity contribution >= 4 is 0 Å². The lowest BCUT2D eigenvalue weighted by Crippen LogP contribution is -1.95. The molecule has 0 aromatic heterocycles. The van der Waals surface area contributed by atoms with Gasteiger partial charge in [-0.15, -0.1) is 0 Å². The zero-order valence-corrected chi connectivity index (χ0v) is 9.46. The number of nitrogens with zero attached hydrogens (tertiary/aromatic N) is 1. The normalized spacial score (nSPS) is 20.7. The first-order valence-corrected chi connectivity index (χ1v) is 5.76. The molecule has 0 aliphatic heterocycles. The molecule has 0 spiro atoms. The first-order valence-electron chi connectivity index (χ1n) is 5.76. The largest absolute Gasteiger partial charge is 0.198 e. The number of nitriles is 1. The van der Waals surface area contributed by atoms with E-state index in [2.05, 4.69) is 31.2 Å². The molecule has 1 nitrogen and oxygen atoms in total. The predicted molar refractivity (Wildman–Crippen MR) is 61.7 cm³/mol. The Bertz CT molecular complexity index is 400. The monoisotopic (exact) mass is 199 g/mol. The van der Waals surface area contributed by atoms with E-state index >= 15 is 0 Å². The average Bonchev–Trinajstić information content (AvgIpc) is 2.69. The highest BCUT2D eigenvalue weighted by molar-refractivity contribution is 5.38. The van der Waals surface area contributed by atoms with Gasteiger partial charge in [0.2, 0.25) is 0 Å². The molecule has 0 unspecified atom stereocenters. The van der Waals surface area contributed by atoms with E-state index < -0.39 is 0 Å². The second-order valence-corrected chi connectivity index (χ2v) is 4.56. The number of rotatable bonds is 2. The summed E-state index contributed by atoms with van der Waals surface area (Å²) in [6, 6.07) is 8.86. The van der Waals surface area contributed by atoms with Crippen LogP contribution in [0.1, 0.15) is 42.9 Å². The Morgan fingerprint density at radius 1 is 1.40 bits per heavy atom. The molecule has 0 radical (unpaired) electrons. The lowest BCUT2D eigenvalue weighted by Gasteiger charge is -2.05. The number of benzene rings is 1. The molecule has 0 bridgehead atoms. The van der Waals surface area contributed by atoms with E-state index in [0.29, 0.717) is 0 Å². The lowest BCUT2D eigenvalue weighted by molar-refractivity contribution is 0.542. The fraction of sp³-hybridized carbons (Fsp3) is 0.500. The van der Waals surface area contributed by atoms with E-state index in [1.165, 1.54) is 36.0 Å². The molecule has 0 N–H and O–H groups in total. The second kappa shape index (κ2) is 4.06. The minimum absolute atomic E-state index is 0.0241. The summed E-state index contributed by atoms with van der Waals surface area (Å²) >= 11 is 0. The SMILES string of the molecule is CC[C@H]1Cc2ccc([C@@H](C)C#N)cc2C1. The second-order valence-electron chi connectivity index (χ2n) is 4.56. The molecule has 1 aromatic carbocycles. The number of fused-ring (bicyclic) bond motifs is 1. The Labute approximate surface area is 91.7 Å². The standard InChI is InChI=1S/C14H17N/c1-3-11-6-13-5-4-12(10(2)9-15)8-14(13)7-11/h4-5,8,10-11H,3,6-7H2,1-2H3/t10-,11-/m0/s1. The van der Waals surface area contributed by atoms with Crippen LogP contribution in [0.15, 0.2) is 18.2 Å². The van der Waals surface area contributed by atoms with Gasteiger partial charge in [0.25, 0.3) is 0 Å². The molecule has 1 aliphatic rings. The molecule has 0 fully saturated rings. The third-order valence-electron chi connectivity index (χ3n) is 3.52. The van der Waals surface area contributed by atoms with E-state index in [0.717, 1.165) is 5.92 Å². The highest BCUT2D eigenvalue weighted by atomic mass is 14.3. The van der Waals surface area contributed by atoms with Crippen molar-refractivity contribution in [2.45, 2.75) is 39.0 Å². The molecule has 1 aliphatic carbocycles. The molecule has 1 heteroatoms. The molecule has 0 saturated heterocycles. The van der Waals surface area contributed by atoms with Gasteiger partial charge in [-0.2, -0.15) is 5.26 Å². The Morgan fingerprint density at radius 3 is 2.80 bits per heavy atom. The molecular formula is C14H17N. The molecule has 0 heterocycles. The molecule has 78 valence electrons. The first-order chi connectivity index (χ1) is 7.24. The van der Waals surface area contributed by atoms with Gasteiger partial charge in [-0.05, 0) is 42.4 Å². The van der Waals surface area contributed by atoms with Gasteiger partial charge in [-0.3, -0.25) is 0 Å². The van der Waals surface area contributed by atoms with Gasteiger partial charge in [0.05, 0.1) is 12.0 Å². The third kappa shape index (κ3) is 1.90. The van der Waals surface area contributed by atoms with E-state index in [9.17, 15) is 0 Å². The maximum atomic E-state index is 8.88. The van der Waals surface area contributed by atoms with Crippen LogP contribution in [0.2, 0.25) is 0 Å². The van der Waals surface area contributed by atoms with Crippen LogP contribution < -0.4 is 0 Å². The van der Waals surface area contributed by atoms with E-state index in [1.54, 1.807) is 0 Å². The number of hydrogen-bond donors (Lipinski definition) is 0. The van der Waals surface area contributed by atoms with Gasteiger partial charge in [0.1, 0.15) is 0 Å². The van der Waals surface area contributed by atoms with Gasteiger partial charge in [0, 0.05) is 0 Å². The maximum Gasteiger partial charge on any atom is 0.0700 e. The summed E-state index contributed by atoms with van der Waals surface area (Å²) in [4.78, 5) is 0. The summed E-state index contributed by atoms with van der Waals surface area (Å²) in [5.74, 6) is 0.851. The smallest absolute Gasteiger partial charge is 0.0700 e. The van der Waals surface area contributed by atoms with Crippen molar-refractivity contribution in [2.24, 2.45) is 5.92 Å². The Hall–Kier alpha value is -1.29. The zero-order valence-electron chi connectivity index (χ0n) is 9.46. The summed E-state index contributed by atoms with van der Waals surface area (Å²) in [7, 11) is 0. The van der Waals surface area contributed by atoms with Gasteiger partial charge in [0.15, 0.2) is 0 Å². The van der Waals surface area contributed by atoms with Crippen LogP contribution in [0.3, 0.4) is 0 Å². The third-order valence-corrected chi connectivity index (χ3v) is 3.52. The van der Waals surface area contributed by atoms with E-state index in [-0.39, 0.29) is 5.92 Å². The molecule has 0 amide bonds. The summed E-state index contributed by atoms with van der Waals surface area (Å²) in [5, 5.41) is 8.88. The minimum Gasteiger partial charge on any atom is -0.198 e. The van der Waals surface area contributed by atoms with Crippen molar-refractivity contribution in [3.05, 3.63) is 34.9 Å². The van der Waals surface area contributed by atoms with Crippen molar-refractivity contribution in [1.29, 1.82) is 5.26 Å². The quantitative estimate of drug-likeness (QED) is 0.715. The van der Waals surface area contributed by atoms with E-state index in [1.807, 2.05) is 6.92 Å². The van der Waals surface area contributed by atoms with Crippen molar-refractivity contribution in [1.82, 2.24) is 0 Å². The highest BCUT2D eigenvalue weighted by Crippen LogP contribution is 2.30. The van der Waals surface area contributed by atoms with Crippen molar-refractivity contribution in [3.63, 3.8) is 0 Å². The van der Waals surface area contributed by atoms with Crippen LogP contribution in [-0.4, -0.2) is 0 Å². The van der Waals surface area contributed by atoms with Crippen molar-refractivity contribution in [2.75, 3.05) is 0 Å². The molecule has 2 rings (SSSR count). The van der Waals surface area contributed by atoms with Crippen LogP contribution in [0.5, 0.6) is 0 Å².